The number of fused-ring (bicyclic) bond motifs is 1. The molecule has 2 aromatic heterocycles. The Morgan fingerprint density at radius 1 is 1.19 bits per heavy atom. The number of halogens is 1. The highest BCUT2D eigenvalue weighted by atomic mass is 127. The maximum Gasteiger partial charge on any atom is 0.191 e. The number of benzene rings is 1. The van der Waals surface area contributed by atoms with E-state index in [9.17, 15) is 0 Å². The minimum atomic E-state index is 0. The third-order valence-corrected chi connectivity index (χ3v) is 6.92. The lowest BCUT2D eigenvalue weighted by Crippen LogP contribution is -2.44. The van der Waals surface area contributed by atoms with Gasteiger partial charge >= 0.3 is 0 Å². The number of imidazole rings is 1. The van der Waals surface area contributed by atoms with Gasteiger partial charge in [-0.05, 0) is 62.9 Å². The standard InChI is InChI=1S/C23H32N6S.HI/c1-4-24-23(26-16-21-27-18-10-5-6-11-19(18)29(21)3)25-15-17-9-7-13-28(2)22(17)20-12-8-14-30-20;/h5-6,8,10-12,14,17,22H,4,7,9,13,15-16H2,1-3H3,(H2,24,25,26);1H. The molecule has 4 rings (SSSR count). The van der Waals surface area contributed by atoms with Crippen molar-refractivity contribution in [3.8, 4) is 0 Å². The molecule has 0 radical (unpaired) electrons. The minimum absolute atomic E-state index is 0. The average molecular weight is 553 g/mol. The zero-order valence-corrected chi connectivity index (χ0v) is 21.7. The van der Waals surface area contributed by atoms with Gasteiger partial charge in [0.15, 0.2) is 5.96 Å². The minimum Gasteiger partial charge on any atom is -0.357 e. The molecule has 0 amide bonds. The van der Waals surface area contributed by atoms with Crippen LogP contribution in [0.2, 0.25) is 0 Å². The molecule has 31 heavy (non-hydrogen) atoms. The summed E-state index contributed by atoms with van der Waals surface area (Å²) in [4.78, 5) is 13.5. The molecule has 8 heteroatoms. The van der Waals surface area contributed by atoms with Crippen LogP contribution in [0.5, 0.6) is 0 Å². The summed E-state index contributed by atoms with van der Waals surface area (Å²) in [6.45, 7) is 5.59. The zero-order chi connectivity index (χ0) is 20.9. The first kappa shape index (κ1) is 24.0. The number of guanidine groups is 1. The molecule has 2 unspecified atom stereocenters. The van der Waals surface area contributed by atoms with E-state index >= 15 is 0 Å². The Morgan fingerprint density at radius 3 is 2.77 bits per heavy atom. The highest BCUT2D eigenvalue weighted by Crippen LogP contribution is 2.36. The van der Waals surface area contributed by atoms with Gasteiger partial charge in [0.2, 0.25) is 0 Å². The van der Waals surface area contributed by atoms with Crippen molar-refractivity contribution in [3.63, 3.8) is 0 Å². The molecule has 0 saturated carbocycles. The van der Waals surface area contributed by atoms with E-state index in [2.05, 4.69) is 70.8 Å². The first-order chi connectivity index (χ1) is 14.7. The average Bonchev–Trinajstić information content (AvgIpc) is 3.39. The van der Waals surface area contributed by atoms with Crippen molar-refractivity contribution in [2.24, 2.45) is 18.0 Å². The lowest BCUT2D eigenvalue weighted by atomic mass is 9.88. The number of aryl methyl sites for hydroxylation is 1. The number of aromatic nitrogens is 2. The number of likely N-dealkylation sites (tertiary alicyclic amines) is 1. The van der Waals surface area contributed by atoms with Gasteiger partial charge in [0.1, 0.15) is 12.4 Å². The van der Waals surface area contributed by atoms with E-state index < -0.39 is 0 Å². The lowest BCUT2D eigenvalue weighted by Gasteiger charge is -2.39. The Labute approximate surface area is 206 Å². The third-order valence-electron chi connectivity index (χ3n) is 5.98. The molecule has 3 aromatic rings. The molecule has 2 N–H and O–H groups in total. The fourth-order valence-electron chi connectivity index (χ4n) is 4.44. The van der Waals surface area contributed by atoms with Crippen molar-refractivity contribution in [2.75, 3.05) is 26.7 Å². The van der Waals surface area contributed by atoms with Gasteiger partial charge in [-0.15, -0.1) is 35.3 Å². The smallest absolute Gasteiger partial charge is 0.191 e. The number of thiophene rings is 1. The number of nitrogens with zero attached hydrogens (tertiary/aromatic N) is 4. The van der Waals surface area contributed by atoms with E-state index in [0.717, 1.165) is 35.9 Å². The topological polar surface area (TPSA) is 57.5 Å². The SMILES string of the molecule is CCNC(=NCc1nc2ccccc2n1C)NCC1CCCN(C)C1c1cccs1.I. The third kappa shape index (κ3) is 5.59. The van der Waals surface area contributed by atoms with Crippen molar-refractivity contribution in [2.45, 2.75) is 32.4 Å². The van der Waals surface area contributed by atoms with Crippen LogP contribution in [0, 0.1) is 5.92 Å². The predicted octanol–water partition coefficient (Wildman–Crippen LogP) is 4.39. The Kier molecular flexibility index (Phi) is 8.74. The van der Waals surface area contributed by atoms with Crippen LogP contribution in [-0.4, -0.2) is 47.1 Å². The van der Waals surface area contributed by atoms with Crippen molar-refractivity contribution >= 4 is 52.3 Å². The number of piperidine rings is 1. The van der Waals surface area contributed by atoms with Gasteiger partial charge < -0.3 is 15.2 Å². The molecular weight excluding hydrogens is 519 g/mol. The van der Waals surface area contributed by atoms with Gasteiger partial charge in [0.25, 0.3) is 0 Å². The predicted molar refractivity (Wildman–Crippen MR) is 141 cm³/mol. The van der Waals surface area contributed by atoms with Crippen LogP contribution in [0.4, 0.5) is 0 Å². The highest BCUT2D eigenvalue weighted by Gasteiger charge is 2.31. The van der Waals surface area contributed by atoms with E-state index in [1.54, 1.807) is 0 Å². The fourth-order valence-corrected chi connectivity index (χ4v) is 5.42. The van der Waals surface area contributed by atoms with Crippen LogP contribution in [-0.2, 0) is 13.6 Å². The molecule has 1 aliphatic heterocycles. The van der Waals surface area contributed by atoms with E-state index in [1.807, 2.05) is 23.5 Å². The van der Waals surface area contributed by atoms with Crippen molar-refractivity contribution in [1.82, 2.24) is 25.1 Å². The molecule has 168 valence electrons. The Morgan fingerprint density at radius 2 is 2.03 bits per heavy atom. The summed E-state index contributed by atoms with van der Waals surface area (Å²) in [7, 11) is 4.31. The first-order valence-electron chi connectivity index (χ1n) is 10.8. The Balaban J connectivity index is 0.00000272. The molecule has 2 atom stereocenters. The Hall–Kier alpha value is -1.65. The molecule has 0 aliphatic carbocycles. The highest BCUT2D eigenvalue weighted by molar-refractivity contribution is 14.0. The van der Waals surface area contributed by atoms with Gasteiger partial charge in [0.05, 0.1) is 11.0 Å². The molecular formula is C23H33IN6S. The molecule has 0 spiro atoms. The molecule has 6 nitrogen and oxygen atoms in total. The fraction of sp³-hybridized carbons (Fsp3) is 0.478. The van der Waals surface area contributed by atoms with Gasteiger partial charge in [-0.25, -0.2) is 9.98 Å². The molecule has 0 bridgehead atoms. The number of rotatable bonds is 6. The summed E-state index contributed by atoms with van der Waals surface area (Å²) in [5.74, 6) is 2.41. The summed E-state index contributed by atoms with van der Waals surface area (Å²) in [6.07, 6.45) is 2.49. The maximum atomic E-state index is 4.83. The molecule has 1 aromatic carbocycles. The number of aliphatic imine (C=N–C) groups is 1. The summed E-state index contributed by atoms with van der Waals surface area (Å²) in [5, 5.41) is 9.19. The van der Waals surface area contributed by atoms with Crippen molar-refractivity contribution < 1.29 is 0 Å². The lowest BCUT2D eigenvalue weighted by molar-refractivity contribution is 0.125. The second-order valence-electron chi connectivity index (χ2n) is 8.00. The molecule has 1 aliphatic rings. The summed E-state index contributed by atoms with van der Waals surface area (Å²) >= 11 is 1.87. The zero-order valence-electron chi connectivity index (χ0n) is 18.5. The largest absolute Gasteiger partial charge is 0.357 e. The van der Waals surface area contributed by atoms with Gasteiger partial charge in [-0.2, -0.15) is 0 Å². The first-order valence-corrected chi connectivity index (χ1v) is 11.7. The van der Waals surface area contributed by atoms with E-state index in [1.165, 1.54) is 24.3 Å². The van der Waals surface area contributed by atoms with Gasteiger partial charge in [0, 0.05) is 31.1 Å². The van der Waals surface area contributed by atoms with E-state index in [-0.39, 0.29) is 24.0 Å². The molecule has 1 fully saturated rings. The van der Waals surface area contributed by atoms with Crippen LogP contribution in [0.15, 0.2) is 46.8 Å². The number of nitrogens with one attached hydrogen (secondary N) is 2. The van der Waals surface area contributed by atoms with Crippen LogP contribution >= 0.6 is 35.3 Å². The number of hydrogen-bond donors (Lipinski definition) is 2. The second kappa shape index (κ2) is 11.3. The van der Waals surface area contributed by atoms with Crippen LogP contribution in [0.1, 0.15) is 36.5 Å². The monoisotopic (exact) mass is 552 g/mol. The van der Waals surface area contributed by atoms with E-state index in [4.69, 9.17) is 9.98 Å². The summed E-state index contributed by atoms with van der Waals surface area (Å²) in [5.41, 5.74) is 2.16. The van der Waals surface area contributed by atoms with E-state index in [0.29, 0.717) is 18.5 Å². The Bertz CT molecular complexity index is 983. The van der Waals surface area contributed by atoms with Crippen LogP contribution < -0.4 is 10.6 Å². The second-order valence-corrected chi connectivity index (χ2v) is 8.97. The van der Waals surface area contributed by atoms with Crippen LogP contribution in [0.25, 0.3) is 11.0 Å². The maximum absolute atomic E-state index is 4.83. The molecule has 1 saturated heterocycles. The summed E-state index contributed by atoms with van der Waals surface area (Å²) in [6, 6.07) is 13.1. The van der Waals surface area contributed by atoms with Crippen molar-refractivity contribution in [3.05, 3.63) is 52.5 Å². The van der Waals surface area contributed by atoms with Crippen LogP contribution in [0.3, 0.4) is 0 Å². The number of hydrogen-bond acceptors (Lipinski definition) is 4. The van der Waals surface area contributed by atoms with Gasteiger partial charge in [-0.1, -0.05) is 18.2 Å². The normalized spacial score (nSPS) is 19.9. The number of para-hydroxylation sites is 2. The summed E-state index contributed by atoms with van der Waals surface area (Å²) < 4.78 is 2.13. The quantitative estimate of drug-likeness (QED) is 0.271. The van der Waals surface area contributed by atoms with Gasteiger partial charge in [-0.3, -0.25) is 4.90 Å². The molecule has 3 heterocycles. The van der Waals surface area contributed by atoms with Crippen molar-refractivity contribution in [1.29, 1.82) is 0 Å².